The van der Waals surface area contributed by atoms with Crippen molar-refractivity contribution in [2.45, 2.75) is 58.3 Å². The number of hydrogen-bond acceptors (Lipinski definition) is 1. The van der Waals surface area contributed by atoms with Crippen molar-refractivity contribution in [1.82, 2.24) is 4.98 Å². The van der Waals surface area contributed by atoms with Gasteiger partial charge in [0.05, 0.1) is 5.69 Å². The van der Waals surface area contributed by atoms with Crippen LogP contribution in [0.15, 0.2) is 36.5 Å². The molecule has 1 aliphatic rings. The van der Waals surface area contributed by atoms with E-state index in [0.717, 1.165) is 23.6 Å². The highest BCUT2D eigenvalue weighted by Crippen LogP contribution is 2.38. The van der Waals surface area contributed by atoms with Crippen molar-refractivity contribution in [3.63, 3.8) is 0 Å². The van der Waals surface area contributed by atoms with Crippen LogP contribution in [-0.2, 0) is 6.42 Å². The highest BCUT2D eigenvalue weighted by molar-refractivity contribution is 5.60. The quantitative estimate of drug-likeness (QED) is 0.661. The molecule has 0 aliphatic heterocycles. The first-order chi connectivity index (χ1) is 11.2. The second-order valence-electron chi connectivity index (χ2n) is 6.77. The summed E-state index contributed by atoms with van der Waals surface area (Å²) in [4.78, 5) is 4.40. The van der Waals surface area contributed by atoms with Gasteiger partial charge < -0.3 is 0 Å². The zero-order valence-corrected chi connectivity index (χ0v) is 14.2. The van der Waals surface area contributed by atoms with E-state index in [1.165, 1.54) is 37.7 Å². The molecule has 0 atom stereocenters. The highest BCUT2D eigenvalue weighted by atomic mass is 19.1. The molecule has 1 aromatic heterocycles. The molecule has 2 heteroatoms. The van der Waals surface area contributed by atoms with Crippen LogP contribution in [0.3, 0.4) is 0 Å². The maximum absolute atomic E-state index is 14.6. The first-order valence-electron chi connectivity index (χ1n) is 8.96. The van der Waals surface area contributed by atoms with E-state index in [4.69, 9.17) is 0 Å². The third-order valence-corrected chi connectivity index (χ3v) is 5.40. The van der Waals surface area contributed by atoms with Crippen LogP contribution in [0.1, 0.15) is 63.0 Å². The standard InChI is InChI=1S/C21H26FN/c1-3-15-5-8-17(9-6-15)18-10-11-19(20(22)13-18)21-12-7-16(4-2)14-23-21/h7,10-15,17H,3-6,8-9H2,1-2H3/t15-,17-. The molecule has 0 bridgehead atoms. The Morgan fingerprint density at radius 1 is 1.04 bits per heavy atom. The molecule has 1 nitrogen and oxygen atoms in total. The summed E-state index contributed by atoms with van der Waals surface area (Å²) in [5, 5.41) is 0. The molecule has 1 fully saturated rings. The topological polar surface area (TPSA) is 12.9 Å². The first kappa shape index (κ1) is 16.2. The molecule has 1 aromatic carbocycles. The third kappa shape index (κ3) is 3.63. The van der Waals surface area contributed by atoms with Crippen LogP contribution in [0.4, 0.5) is 4.39 Å². The predicted molar refractivity (Wildman–Crippen MR) is 94.0 cm³/mol. The van der Waals surface area contributed by atoms with Crippen LogP contribution in [0.25, 0.3) is 11.3 Å². The number of aromatic nitrogens is 1. The fourth-order valence-electron chi connectivity index (χ4n) is 3.69. The summed E-state index contributed by atoms with van der Waals surface area (Å²) in [7, 11) is 0. The number of hydrogen-bond donors (Lipinski definition) is 0. The summed E-state index contributed by atoms with van der Waals surface area (Å²) < 4.78 is 14.6. The van der Waals surface area contributed by atoms with Crippen molar-refractivity contribution in [3.05, 3.63) is 53.5 Å². The Hall–Kier alpha value is -1.70. The second kappa shape index (κ2) is 7.25. The Bertz CT molecular complexity index is 639. The summed E-state index contributed by atoms with van der Waals surface area (Å²) in [6.07, 6.45) is 9.03. The van der Waals surface area contributed by atoms with Crippen LogP contribution in [0.5, 0.6) is 0 Å². The molecule has 23 heavy (non-hydrogen) atoms. The zero-order chi connectivity index (χ0) is 16.2. The molecular weight excluding hydrogens is 285 g/mol. The van der Waals surface area contributed by atoms with Gasteiger partial charge in [-0.25, -0.2) is 4.39 Å². The van der Waals surface area contributed by atoms with Crippen LogP contribution < -0.4 is 0 Å². The summed E-state index contributed by atoms with van der Waals surface area (Å²) >= 11 is 0. The lowest BCUT2D eigenvalue weighted by Crippen LogP contribution is -2.12. The van der Waals surface area contributed by atoms with Gasteiger partial charge in [0.1, 0.15) is 5.82 Å². The predicted octanol–water partition coefficient (Wildman–Crippen LogP) is 6.13. The minimum Gasteiger partial charge on any atom is -0.256 e. The number of pyridine rings is 1. The van der Waals surface area contributed by atoms with Gasteiger partial charge in [-0.2, -0.15) is 0 Å². The molecule has 0 N–H and O–H groups in total. The molecule has 3 rings (SSSR count). The Kier molecular flexibility index (Phi) is 5.09. The van der Waals surface area contributed by atoms with E-state index >= 15 is 0 Å². The van der Waals surface area contributed by atoms with E-state index in [1.807, 2.05) is 24.4 Å². The Morgan fingerprint density at radius 3 is 2.39 bits per heavy atom. The molecule has 0 amide bonds. The van der Waals surface area contributed by atoms with E-state index in [0.29, 0.717) is 11.5 Å². The van der Waals surface area contributed by atoms with Crippen molar-refractivity contribution in [2.75, 3.05) is 0 Å². The number of nitrogens with zero attached hydrogens (tertiary/aromatic N) is 1. The molecule has 0 unspecified atom stereocenters. The monoisotopic (exact) mass is 311 g/mol. The van der Waals surface area contributed by atoms with E-state index in [2.05, 4.69) is 24.9 Å². The van der Waals surface area contributed by atoms with Crippen LogP contribution in [-0.4, -0.2) is 4.98 Å². The number of aryl methyl sites for hydroxylation is 1. The van der Waals surface area contributed by atoms with E-state index in [9.17, 15) is 4.39 Å². The highest BCUT2D eigenvalue weighted by Gasteiger charge is 2.22. The Balaban J connectivity index is 1.77. The molecule has 0 spiro atoms. The van der Waals surface area contributed by atoms with Crippen molar-refractivity contribution < 1.29 is 4.39 Å². The number of halogens is 1. The fraction of sp³-hybridized carbons (Fsp3) is 0.476. The van der Waals surface area contributed by atoms with Crippen LogP contribution in [0.2, 0.25) is 0 Å². The molecular formula is C21H26FN. The summed E-state index contributed by atoms with van der Waals surface area (Å²) in [6, 6.07) is 9.70. The van der Waals surface area contributed by atoms with E-state index in [-0.39, 0.29) is 5.82 Å². The third-order valence-electron chi connectivity index (χ3n) is 5.40. The smallest absolute Gasteiger partial charge is 0.132 e. The minimum absolute atomic E-state index is 0.142. The van der Waals surface area contributed by atoms with Crippen LogP contribution >= 0.6 is 0 Å². The second-order valence-corrected chi connectivity index (χ2v) is 6.77. The van der Waals surface area contributed by atoms with E-state index in [1.54, 1.807) is 6.07 Å². The maximum atomic E-state index is 14.6. The molecule has 1 aliphatic carbocycles. The lowest BCUT2D eigenvalue weighted by Gasteiger charge is -2.28. The lowest BCUT2D eigenvalue weighted by molar-refractivity contribution is 0.318. The van der Waals surface area contributed by atoms with E-state index < -0.39 is 0 Å². The average molecular weight is 311 g/mol. The van der Waals surface area contributed by atoms with Crippen LogP contribution in [0, 0.1) is 11.7 Å². The molecule has 0 radical (unpaired) electrons. The summed E-state index contributed by atoms with van der Waals surface area (Å²) in [5.41, 5.74) is 3.67. The normalized spacial score (nSPS) is 21.3. The van der Waals surface area contributed by atoms with Gasteiger partial charge in [-0.05, 0) is 73.3 Å². The molecule has 1 heterocycles. The summed E-state index contributed by atoms with van der Waals surface area (Å²) in [6.45, 7) is 4.37. The summed E-state index contributed by atoms with van der Waals surface area (Å²) in [5.74, 6) is 1.25. The minimum atomic E-state index is -0.142. The van der Waals surface area contributed by atoms with Gasteiger partial charge in [-0.15, -0.1) is 0 Å². The molecule has 1 saturated carbocycles. The first-order valence-corrected chi connectivity index (χ1v) is 8.96. The van der Waals surface area contributed by atoms with Gasteiger partial charge in [0.15, 0.2) is 0 Å². The number of rotatable bonds is 4. The number of benzene rings is 1. The zero-order valence-electron chi connectivity index (χ0n) is 14.2. The maximum Gasteiger partial charge on any atom is 0.132 e. The Morgan fingerprint density at radius 2 is 1.83 bits per heavy atom. The average Bonchev–Trinajstić information content (AvgIpc) is 2.62. The van der Waals surface area contributed by atoms with Gasteiger partial charge in [0.25, 0.3) is 0 Å². The van der Waals surface area contributed by atoms with Gasteiger partial charge >= 0.3 is 0 Å². The molecule has 2 aromatic rings. The Labute approximate surface area is 139 Å². The molecule has 122 valence electrons. The van der Waals surface area contributed by atoms with Crippen molar-refractivity contribution in [3.8, 4) is 11.3 Å². The van der Waals surface area contributed by atoms with Gasteiger partial charge in [-0.1, -0.05) is 32.4 Å². The lowest BCUT2D eigenvalue weighted by atomic mass is 9.77. The molecule has 0 saturated heterocycles. The SMILES string of the molecule is CCc1ccc(-c2ccc([C@H]3CC[C@H](CC)CC3)cc2F)nc1. The largest absolute Gasteiger partial charge is 0.256 e. The van der Waals surface area contributed by atoms with Gasteiger partial charge in [-0.3, -0.25) is 4.98 Å². The van der Waals surface area contributed by atoms with Gasteiger partial charge in [0, 0.05) is 11.8 Å². The van der Waals surface area contributed by atoms with Crippen molar-refractivity contribution in [1.29, 1.82) is 0 Å². The fourth-order valence-corrected chi connectivity index (χ4v) is 3.69. The van der Waals surface area contributed by atoms with Gasteiger partial charge in [0.2, 0.25) is 0 Å². The van der Waals surface area contributed by atoms with Crippen molar-refractivity contribution in [2.24, 2.45) is 5.92 Å². The van der Waals surface area contributed by atoms with Crippen molar-refractivity contribution >= 4 is 0 Å².